The Balaban J connectivity index is 1.85. The van der Waals surface area contributed by atoms with E-state index in [1.807, 2.05) is 12.1 Å². The summed E-state index contributed by atoms with van der Waals surface area (Å²) in [6.07, 6.45) is 4.95. The number of fused-ring (bicyclic) bond motifs is 1. The average molecular weight is 312 g/mol. The SMILES string of the molecule is NNc1cc(N2CCOCC2)n2nc(-c3cnccn3)cc2n1. The number of morpholine rings is 1. The van der Waals surface area contributed by atoms with Crippen molar-refractivity contribution in [3.63, 3.8) is 0 Å². The molecule has 0 bridgehead atoms. The van der Waals surface area contributed by atoms with Gasteiger partial charge in [-0.2, -0.15) is 9.61 Å². The van der Waals surface area contributed by atoms with E-state index in [1.54, 1.807) is 23.1 Å². The van der Waals surface area contributed by atoms with Gasteiger partial charge >= 0.3 is 0 Å². The predicted molar refractivity (Wildman–Crippen MR) is 84.9 cm³/mol. The Hall–Kier alpha value is -2.78. The Kier molecular flexibility index (Phi) is 3.48. The molecule has 1 fully saturated rings. The van der Waals surface area contributed by atoms with Crippen molar-refractivity contribution in [1.29, 1.82) is 0 Å². The van der Waals surface area contributed by atoms with Gasteiger partial charge in [0.1, 0.15) is 23.0 Å². The molecular formula is C14H16N8O. The molecule has 1 saturated heterocycles. The minimum absolute atomic E-state index is 0.588. The van der Waals surface area contributed by atoms with Gasteiger partial charge < -0.3 is 15.1 Å². The number of nitrogen functional groups attached to an aromatic ring is 1. The van der Waals surface area contributed by atoms with Gasteiger partial charge in [-0.1, -0.05) is 0 Å². The predicted octanol–water partition coefficient (Wildman–Crippen LogP) is 0.308. The number of nitrogens with two attached hydrogens (primary N) is 1. The lowest BCUT2D eigenvalue weighted by molar-refractivity contribution is 0.122. The second-order valence-corrected chi connectivity index (χ2v) is 5.13. The van der Waals surface area contributed by atoms with E-state index in [-0.39, 0.29) is 0 Å². The first-order valence-electron chi connectivity index (χ1n) is 7.32. The van der Waals surface area contributed by atoms with Gasteiger partial charge in [-0.15, -0.1) is 0 Å². The highest BCUT2D eigenvalue weighted by Gasteiger charge is 2.18. The number of anilines is 2. The Bertz CT molecular complexity index is 812. The third-order valence-electron chi connectivity index (χ3n) is 3.72. The number of nitrogens with one attached hydrogen (secondary N) is 1. The van der Waals surface area contributed by atoms with E-state index in [1.165, 1.54) is 0 Å². The van der Waals surface area contributed by atoms with E-state index in [0.29, 0.717) is 36.1 Å². The molecule has 3 aromatic heterocycles. The van der Waals surface area contributed by atoms with Crippen LogP contribution in [0.15, 0.2) is 30.7 Å². The summed E-state index contributed by atoms with van der Waals surface area (Å²) >= 11 is 0. The van der Waals surface area contributed by atoms with Crippen molar-refractivity contribution < 1.29 is 4.74 Å². The molecule has 0 radical (unpaired) electrons. The monoisotopic (exact) mass is 312 g/mol. The van der Waals surface area contributed by atoms with Crippen molar-refractivity contribution in [3.05, 3.63) is 30.7 Å². The topological polar surface area (TPSA) is 106 Å². The summed E-state index contributed by atoms with van der Waals surface area (Å²) in [6.45, 7) is 2.97. The van der Waals surface area contributed by atoms with Gasteiger partial charge in [-0.05, 0) is 0 Å². The van der Waals surface area contributed by atoms with Gasteiger partial charge in [-0.25, -0.2) is 10.8 Å². The first-order chi connectivity index (χ1) is 11.3. The second-order valence-electron chi connectivity index (χ2n) is 5.13. The van der Waals surface area contributed by atoms with E-state index >= 15 is 0 Å². The molecule has 1 aliphatic rings. The number of nitrogens with zero attached hydrogens (tertiary/aromatic N) is 6. The molecule has 0 unspecified atom stereocenters. The summed E-state index contributed by atoms with van der Waals surface area (Å²) in [4.78, 5) is 15.0. The van der Waals surface area contributed by atoms with Gasteiger partial charge in [-0.3, -0.25) is 9.97 Å². The molecule has 118 valence electrons. The highest BCUT2D eigenvalue weighted by molar-refractivity contribution is 5.65. The smallest absolute Gasteiger partial charge is 0.160 e. The number of aromatic nitrogens is 5. The summed E-state index contributed by atoms with van der Waals surface area (Å²) in [5, 5.41) is 4.63. The quantitative estimate of drug-likeness (QED) is 0.525. The van der Waals surface area contributed by atoms with Crippen molar-refractivity contribution in [3.8, 4) is 11.4 Å². The molecule has 9 heteroatoms. The summed E-state index contributed by atoms with van der Waals surface area (Å²) in [5.41, 5.74) is 4.73. The molecule has 4 heterocycles. The van der Waals surface area contributed by atoms with Gasteiger partial charge in [0.25, 0.3) is 0 Å². The lowest BCUT2D eigenvalue weighted by atomic mass is 10.3. The average Bonchev–Trinajstić information content (AvgIpc) is 3.06. The third kappa shape index (κ3) is 2.56. The van der Waals surface area contributed by atoms with Crippen molar-refractivity contribution in [2.45, 2.75) is 0 Å². The van der Waals surface area contributed by atoms with Crippen LogP contribution in [0.3, 0.4) is 0 Å². The first kappa shape index (κ1) is 13.9. The maximum Gasteiger partial charge on any atom is 0.160 e. The van der Waals surface area contributed by atoms with Crippen LogP contribution in [0.25, 0.3) is 17.0 Å². The number of ether oxygens (including phenoxy) is 1. The zero-order chi connectivity index (χ0) is 15.6. The summed E-state index contributed by atoms with van der Waals surface area (Å²) in [5.74, 6) is 7.06. The Morgan fingerprint density at radius 1 is 1.13 bits per heavy atom. The number of rotatable bonds is 3. The zero-order valence-corrected chi connectivity index (χ0v) is 12.4. The minimum atomic E-state index is 0.588. The van der Waals surface area contributed by atoms with Crippen LogP contribution >= 0.6 is 0 Å². The minimum Gasteiger partial charge on any atom is -0.378 e. The van der Waals surface area contributed by atoms with E-state index in [2.05, 4.69) is 30.4 Å². The van der Waals surface area contributed by atoms with E-state index < -0.39 is 0 Å². The van der Waals surface area contributed by atoms with Gasteiger partial charge in [0.2, 0.25) is 0 Å². The van der Waals surface area contributed by atoms with Crippen LogP contribution in [0, 0.1) is 0 Å². The molecule has 0 aromatic carbocycles. The molecular weight excluding hydrogens is 296 g/mol. The van der Waals surface area contributed by atoms with E-state index in [4.69, 9.17) is 10.6 Å². The maximum absolute atomic E-state index is 5.55. The third-order valence-corrected chi connectivity index (χ3v) is 3.72. The molecule has 0 saturated carbocycles. The molecule has 23 heavy (non-hydrogen) atoms. The van der Waals surface area contributed by atoms with Gasteiger partial charge in [0.15, 0.2) is 5.65 Å². The van der Waals surface area contributed by atoms with Crippen LogP contribution < -0.4 is 16.2 Å². The fourth-order valence-corrected chi connectivity index (χ4v) is 2.61. The fraction of sp³-hybridized carbons (Fsp3) is 0.286. The van der Waals surface area contributed by atoms with Crippen LogP contribution in [0.4, 0.5) is 11.6 Å². The summed E-state index contributed by atoms with van der Waals surface area (Å²) < 4.78 is 7.22. The van der Waals surface area contributed by atoms with Crippen LogP contribution in [-0.4, -0.2) is 50.9 Å². The first-order valence-corrected chi connectivity index (χ1v) is 7.32. The molecule has 0 aliphatic carbocycles. The molecule has 0 amide bonds. The largest absolute Gasteiger partial charge is 0.378 e. The highest BCUT2D eigenvalue weighted by atomic mass is 16.5. The normalized spacial score (nSPS) is 15.1. The van der Waals surface area contributed by atoms with Crippen molar-refractivity contribution in [1.82, 2.24) is 24.6 Å². The second kappa shape index (κ2) is 5.78. The standard InChI is InChI=1S/C14H16N8O/c15-19-12-8-14(21-3-5-23-6-4-21)22-13(18-12)7-10(20-22)11-9-16-1-2-17-11/h1-2,7-9H,3-6,15H2,(H,18,19). The van der Waals surface area contributed by atoms with E-state index in [0.717, 1.165) is 18.9 Å². The van der Waals surface area contributed by atoms with E-state index in [9.17, 15) is 0 Å². The summed E-state index contributed by atoms with van der Waals surface area (Å²) in [6, 6.07) is 3.75. The Morgan fingerprint density at radius 2 is 2.00 bits per heavy atom. The van der Waals surface area contributed by atoms with Crippen molar-refractivity contribution in [2.24, 2.45) is 5.84 Å². The van der Waals surface area contributed by atoms with Gasteiger partial charge in [0.05, 0.1) is 19.4 Å². The number of hydrogen-bond acceptors (Lipinski definition) is 8. The lowest BCUT2D eigenvalue weighted by Gasteiger charge is -2.29. The molecule has 9 nitrogen and oxygen atoms in total. The number of hydrazine groups is 1. The van der Waals surface area contributed by atoms with Crippen LogP contribution in [-0.2, 0) is 4.74 Å². The molecule has 3 aromatic rings. The maximum atomic E-state index is 5.55. The molecule has 0 atom stereocenters. The fourth-order valence-electron chi connectivity index (χ4n) is 2.61. The molecule has 3 N–H and O–H groups in total. The van der Waals surface area contributed by atoms with Gasteiger partial charge in [0, 0.05) is 37.6 Å². The summed E-state index contributed by atoms with van der Waals surface area (Å²) in [7, 11) is 0. The Morgan fingerprint density at radius 3 is 2.74 bits per heavy atom. The molecule has 4 rings (SSSR count). The number of hydrogen-bond donors (Lipinski definition) is 2. The Labute approximate surface area is 132 Å². The van der Waals surface area contributed by atoms with Crippen LogP contribution in [0.2, 0.25) is 0 Å². The molecule has 0 spiro atoms. The van der Waals surface area contributed by atoms with Crippen molar-refractivity contribution in [2.75, 3.05) is 36.6 Å². The highest BCUT2D eigenvalue weighted by Crippen LogP contribution is 2.24. The molecule has 1 aliphatic heterocycles. The van der Waals surface area contributed by atoms with Crippen molar-refractivity contribution >= 4 is 17.3 Å². The van der Waals surface area contributed by atoms with Crippen LogP contribution in [0.1, 0.15) is 0 Å². The lowest BCUT2D eigenvalue weighted by Crippen LogP contribution is -2.37. The zero-order valence-electron chi connectivity index (χ0n) is 12.4. The van der Waals surface area contributed by atoms with Crippen LogP contribution in [0.5, 0.6) is 0 Å².